The van der Waals surface area contributed by atoms with E-state index in [0.29, 0.717) is 28.7 Å². The molecule has 0 spiro atoms. The van der Waals surface area contributed by atoms with Crippen molar-refractivity contribution in [2.24, 2.45) is 5.10 Å². The molecule has 3 rings (SSSR count). The molecule has 0 unspecified atom stereocenters. The summed E-state index contributed by atoms with van der Waals surface area (Å²) < 4.78 is 35.6. The monoisotopic (exact) mass is 444 g/mol. The fourth-order valence-corrected chi connectivity index (χ4v) is 3.70. The van der Waals surface area contributed by atoms with Crippen LogP contribution in [0.15, 0.2) is 76.7 Å². The lowest BCUT2D eigenvalue weighted by Gasteiger charge is -2.13. The van der Waals surface area contributed by atoms with Crippen molar-refractivity contribution in [2.75, 3.05) is 7.11 Å². The second-order valence-corrected chi connectivity index (χ2v) is 8.54. The smallest absolute Gasteiger partial charge is 0.276 e. The van der Waals surface area contributed by atoms with Gasteiger partial charge in [0, 0.05) is 0 Å². The van der Waals surface area contributed by atoms with Crippen molar-refractivity contribution in [3.05, 3.63) is 88.4 Å². The average molecular weight is 445 g/mol. The van der Waals surface area contributed by atoms with E-state index >= 15 is 0 Å². The van der Waals surface area contributed by atoms with Crippen molar-refractivity contribution in [3.8, 4) is 11.5 Å². The third-order valence-corrected chi connectivity index (χ3v) is 5.71. The van der Waals surface area contributed by atoms with Gasteiger partial charge in [0.2, 0.25) is 0 Å². The number of benzene rings is 3. The van der Waals surface area contributed by atoms with Crippen molar-refractivity contribution in [2.45, 2.75) is 18.4 Å². The van der Waals surface area contributed by atoms with Crippen molar-refractivity contribution in [3.63, 3.8) is 0 Å². The van der Waals surface area contributed by atoms with Crippen molar-refractivity contribution < 1.29 is 17.9 Å². The number of hydrazone groups is 1. The van der Waals surface area contributed by atoms with E-state index < -0.39 is 10.0 Å². The standard InChI is InChI=1S/C22H21ClN2O4S/c1-16-8-10-17(11-9-16)15-29-22-20(23)12-18(13-21(22)28-2)14-24-25-30(26,27)19-6-4-3-5-7-19/h3-14,25H,15H2,1-2H3. The molecular weight excluding hydrogens is 424 g/mol. The molecule has 0 heterocycles. The molecular formula is C22H21ClN2O4S. The number of hydrogen-bond donors (Lipinski definition) is 1. The number of methoxy groups -OCH3 is 1. The van der Waals surface area contributed by atoms with E-state index in [1.54, 1.807) is 30.3 Å². The van der Waals surface area contributed by atoms with Crippen LogP contribution in [-0.4, -0.2) is 21.7 Å². The molecule has 0 aromatic heterocycles. The van der Waals surface area contributed by atoms with Gasteiger partial charge < -0.3 is 9.47 Å². The molecule has 6 nitrogen and oxygen atoms in total. The van der Waals surface area contributed by atoms with Crippen LogP contribution in [-0.2, 0) is 16.6 Å². The van der Waals surface area contributed by atoms with Crippen molar-refractivity contribution in [1.82, 2.24) is 4.83 Å². The fourth-order valence-electron chi connectivity index (χ4n) is 2.62. The fraction of sp³-hybridized carbons (Fsp3) is 0.136. The molecule has 0 radical (unpaired) electrons. The van der Waals surface area contributed by atoms with Crippen molar-refractivity contribution >= 4 is 27.8 Å². The molecule has 0 atom stereocenters. The Kier molecular flexibility index (Phi) is 6.97. The van der Waals surface area contributed by atoms with E-state index in [4.69, 9.17) is 21.1 Å². The highest BCUT2D eigenvalue weighted by Gasteiger charge is 2.13. The summed E-state index contributed by atoms with van der Waals surface area (Å²) in [5, 5.41) is 4.15. The first-order valence-electron chi connectivity index (χ1n) is 9.05. The largest absolute Gasteiger partial charge is 0.493 e. The van der Waals surface area contributed by atoms with Gasteiger partial charge in [-0.2, -0.15) is 13.5 Å². The number of nitrogens with zero attached hydrogens (tertiary/aromatic N) is 1. The van der Waals surface area contributed by atoms with Crippen LogP contribution in [0.3, 0.4) is 0 Å². The average Bonchev–Trinajstić information content (AvgIpc) is 2.74. The Hall–Kier alpha value is -3.03. The van der Waals surface area contributed by atoms with E-state index in [-0.39, 0.29) is 4.90 Å². The highest BCUT2D eigenvalue weighted by Crippen LogP contribution is 2.36. The number of nitrogens with one attached hydrogen (secondary N) is 1. The Morgan fingerprint density at radius 1 is 1.07 bits per heavy atom. The number of halogens is 1. The second kappa shape index (κ2) is 9.65. The molecule has 0 saturated heterocycles. The van der Waals surface area contributed by atoms with Crippen LogP contribution in [0.1, 0.15) is 16.7 Å². The van der Waals surface area contributed by atoms with Crippen LogP contribution < -0.4 is 14.3 Å². The molecule has 1 N–H and O–H groups in total. The lowest BCUT2D eigenvalue weighted by Crippen LogP contribution is -2.18. The Morgan fingerprint density at radius 3 is 2.43 bits per heavy atom. The lowest BCUT2D eigenvalue weighted by molar-refractivity contribution is 0.284. The van der Waals surface area contributed by atoms with Gasteiger partial charge in [0.1, 0.15) is 6.61 Å². The zero-order valence-electron chi connectivity index (χ0n) is 16.5. The van der Waals surface area contributed by atoms with Crippen LogP contribution in [0, 0.1) is 6.92 Å². The van der Waals surface area contributed by atoms with Crippen LogP contribution >= 0.6 is 11.6 Å². The normalized spacial score (nSPS) is 11.4. The molecule has 156 valence electrons. The van der Waals surface area contributed by atoms with Crippen LogP contribution in [0.2, 0.25) is 5.02 Å². The van der Waals surface area contributed by atoms with Gasteiger partial charge in [0.25, 0.3) is 10.0 Å². The van der Waals surface area contributed by atoms with Gasteiger partial charge in [-0.3, -0.25) is 0 Å². The molecule has 0 aliphatic heterocycles. The lowest BCUT2D eigenvalue weighted by atomic mass is 10.1. The number of aryl methyl sites for hydroxylation is 1. The maximum atomic E-state index is 12.2. The molecule has 30 heavy (non-hydrogen) atoms. The minimum absolute atomic E-state index is 0.123. The number of sulfonamides is 1. The van der Waals surface area contributed by atoms with Gasteiger partial charge in [-0.05, 0) is 42.3 Å². The molecule has 8 heteroatoms. The Bertz CT molecular complexity index is 1130. The first-order chi connectivity index (χ1) is 14.4. The van der Waals surface area contributed by atoms with Gasteiger partial charge in [-0.25, -0.2) is 4.83 Å². The molecule has 0 fully saturated rings. The summed E-state index contributed by atoms with van der Waals surface area (Å²) in [7, 11) is -2.24. The maximum Gasteiger partial charge on any atom is 0.276 e. The summed E-state index contributed by atoms with van der Waals surface area (Å²) in [5.41, 5.74) is 2.72. The second-order valence-electron chi connectivity index (χ2n) is 6.47. The molecule has 0 aliphatic rings. The predicted molar refractivity (Wildman–Crippen MR) is 118 cm³/mol. The van der Waals surface area contributed by atoms with Gasteiger partial charge in [0.05, 0.1) is 23.2 Å². The molecule has 3 aromatic rings. The van der Waals surface area contributed by atoms with Gasteiger partial charge in [-0.15, -0.1) is 0 Å². The Labute approximate surface area is 181 Å². The van der Waals surface area contributed by atoms with Crippen LogP contribution in [0.4, 0.5) is 0 Å². The summed E-state index contributed by atoms with van der Waals surface area (Å²) in [6, 6.07) is 19.2. The zero-order chi connectivity index (χ0) is 21.6. The molecule has 0 bridgehead atoms. The van der Waals surface area contributed by atoms with E-state index in [9.17, 15) is 8.42 Å². The van der Waals surface area contributed by atoms with Gasteiger partial charge in [-0.1, -0.05) is 59.6 Å². The van der Waals surface area contributed by atoms with E-state index in [1.807, 2.05) is 31.2 Å². The third kappa shape index (κ3) is 5.52. The SMILES string of the molecule is COc1cc(C=NNS(=O)(=O)c2ccccc2)cc(Cl)c1OCc1ccc(C)cc1. The zero-order valence-corrected chi connectivity index (χ0v) is 18.1. The minimum atomic E-state index is -3.74. The molecule has 0 amide bonds. The summed E-state index contributed by atoms with van der Waals surface area (Å²) in [6.45, 7) is 2.35. The quantitative estimate of drug-likeness (QED) is 0.408. The van der Waals surface area contributed by atoms with E-state index in [2.05, 4.69) is 9.93 Å². The third-order valence-electron chi connectivity index (χ3n) is 4.20. The summed E-state index contributed by atoms with van der Waals surface area (Å²) in [6.07, 6.45) is 1.35. The van der Waals surface area contributed by atoms with E-state index in [0.717, 1.165) is 5.56 Å². The van der Waals surface area contributed by atoms with Crippen LogP contribution in [0.25, 0.3) is 0 Å². The highest BCUT2D eigenvalue weighted by atomic mass is 35.5. The Morgan fingerprint density at radius 2 is 1.77 bits per heavy atom. The van der Waals surface area contributed by atoms with Crippen molar-refractivity contribution in [1.29, 1.82) is 0 Å². The minimum Gasteiger partial charge on any atom is -0.493 e. The number of ether oxygens (including phenoxy) is 2. The summed E-state index contributed by atoms with van der Waals surface area (Å²) in [4.78, 5) is 2.30. The van der Waals surface area contributed by atoms with E-state index in [1.165, 1.54) is 31.0 Å². The van der Waals surface area contributed by atoms with Crippen LogP contribution in [0.5, 0.6) is 11.5 Å². The number of rotatable bonds is 8. The van der Waals surface area contributed by atoms with Gasteiger partial charge in [0.15, 0.2) is 11.5 Å². The maximum absolute atomic E-state index is 12.2. The topological polar surface area (TPSA) is 77.0 Å². The highest BCUT2D eigenvalue weighted by molar-refractivity contribution is 7.89. The predicted octanol–water partition coefficient (Wildman–Crippen LogP) is 4.55. The molecule has 3 aromatic carbocycles. The summed E-state index contributed by atoms with van der Waals surface area (Å²) >= 11 is 6.36. The molecule has 0 saturated carbocycles. The summed E-state index contributed by atoms with van der Waals surface area (Å²) in [5.74, 6) is 0.823. The molecule has 0 aliphatic carbocycles. The Balaban J connectivity index is 1.73. The first kappa shape index (κ1) is 21.7. The first-order valence-corrected chi connectivity index (χ1v) is 10.9. The number of hydrogen-bond acceptors (Lipinski definition) is 5. The van der Waals surface area contributed by atoms with Gasteiger partial charge >= 0.3 is 0 Å².